The summed E-state index contributed by atoms with van der Waals surface area (Å²) >= 11 is 6.44. The van der Waals surface area contributed by atoms with Gasteiger partial charge in [-0.1, -0.05) is 12.1 Å². The summed E-state index contributed by atoms with van der Waals surface area (Å²) in [5.74, 6) is -0.881. The summed E-state index contributed by atoms with van der Waals surface area (Å²) in [6.07, 6.45) is 1.51. The summed E-state index contributed by atoms with van der Waals surface area (Å²) < 4.78 is 19.5. The number of methoxy groups -OCH3 is 1. The number of esters is 1. The lowest BCUT2D eigenvalue weighted by molar-refractivity contribution is 0.0601. The van der Waals surface area contributed by atoms with Crippen LogP contribution in [0.1, 0.15) is 31.2 Å². The number of hydrogen-bond donors (Lipinski definition) is 2. The van der Waals surface area contributed by atoms with Gasteiger partial charge in [-0.05, 0) is 42.4 Å². The predicted molar refractivity (Wildman–Crippen MR) is 124 cm³/mol. The number of carbonyl (C=O) groups is 2. The molecule has 0 spiro atoms. The molecule has 1 amide bonds. The summed E-state index contributed by atoms with van der Waals surface area (Å²) in [4.78, 5) is 30.7. The lowest BCUT2D eigenvalue weighted by Crippen LogP contribution is -2.21. The van der Waals surface area contributed by atoms with Gasteiger partial charge in [-0.25, -0.2) is 18.9 Å². The minimum Gasteiger partial charge on any atom is -0.465 e. The molecule has 2 heterocycles. The topological polar surface area (TPSA) is 101 Å². The van der Waals surface area contributed by atoms with E-state index in [0.717, 1.165) is 16.9 Å². The number of carbonyl (C=O) groups excluding carboxylic acids is 2. The van der Waals surface area contributed by atoms with E-state index in [1.807, 2.05) is 0 Å². The van der Waals surface area contributed by atoms with Crippen molar-refractivity contribution in [3.05, 3.63) is 58.0 Å². The first-order valence-electron chi connectivity index (χ1n) is 9.34. The van der Waals surface area contributed by atoms with E-state index >= 15 is 0 Å². The molecule has 1 aromatic carbocycles. The maximum absolute atomic E-state index is 13.0. The Bertz CT molecular complexity index is 1160. The van der Waals surface area contributed by atoms with Gasteiger partial charge in [0.05, 0.1) is 24.1 Å². The molecule has 2 aromatic heterocycles. The van der Waals surface area contributed by atoms with E-state index in [9.17, 15) is 14.0 Å². The van der Waals surface area contributed by atoms with Crippen molar-refractivity contribution in [1.82, 2.24) is 19.7 Å². The van der Waals surface area contributed by atoms with Crippen molar-refractivity contribution in [3.8, 4) is 0 Å². The van der Waals surface area contributed by atoms with E-state index in [-0.39, 0.29) is 28.3 Å². The number of rotatable bonds is 6. The van der Waals surface area contributed by atoms with Crippen LogP contribution in [0.5, 0.6) is 0 Å². The molecule has 0 saturated carbocycles. The third-order valence-electron chi connectivity index (χ3n) is 4.38. The fourth-order valence-corrected chi connectivity index (χ4v) is 4.28. The molecule has 0 unspecified atom stereocenters. The van der Waals surface area contributed by atoms with Gasteiger partial charge in [0.15, 0.2) is 5.11 Å². The van der Waals surface area contributed by atoms with E-state index in [4.69, 9.17) is 17.0 Å². The molecule has 0 aliphatic carbocycles. The van der Waals surface area contributed by atoms with Crippen molar-refractivity contribution in [3.63, 3.8) is 0 Å². The molecule has 0 aliphatic rings. The Morgan fingerprint density at radius 2 is 1.94 bits per heavy atom. The summed E-state index contributed by atoms with van der Waals surface area (Å²) in [5.41, 5.74) is 1.60. The Morgan fingerprint density at radius 3 is 2.56 bits per heavy atom. The maximum atomic E-state index is 13.0. The molecule has 32 heavy (non-hydrogen) atoms. The van der Waals surface area contributed by atoms with Gasteiger partial charge in [-0.15, -0.1) is 16.4 Å². The average Bonchev–Trinajstić information content (AvgIpc) is 3.32. The summed E-state index contributed by atoms with van der Waals surface area (Å²) in [6.45, 7) is 2.08. The first-order valence-corrected chi connectivity index (χ1v) is 10.6. The number of amides is 1. The molecule has 9 nitrogen and oxygen atoms in total. The van der Waals surface area contributed by atoms with Gasteiger partial charge in [0, 0.05) is 14.1 Å². The average molecular weight is 477 g/mol. The smallest absolute Gasteiger partial charge is 0.341 e. The van der Waals surface area contributed by atoms with E-state index < -0.39 is 5.97 Å². The third kappa shape index (κ3) is 5.26. The molecular weight excluding hydrogens is 455 g/mol. The lowest BCUT2D eigenvalue weighted by Gasteiger charge is -2.08. The number of thiophene rings is 1. The lowest BCUT2D eigenvalue weighted by atomic mass is 10.1. The Morgan fingerprint density at radius 1 is 1.25 bits per heavy atom. The van der Waals surface area contributed by atoms with Crippen LogP contribution in [0.4, 0.5) is 15.3 Å². The van der Waals surface area contributed by atoms with Crippen molar-refractivity contribution in [2.75, 3.05) is 31.8 Å². The van der Waals surface area contributed by atoms with Crippen LogP contribution in [-0.2, 0) is 11.3 Å². The zero-order valence-corrected chi connectivity index (χ0v) is 19.4. The normalized spacial score (nSPS) is 10.5. The monoisotopic (exact) mass is 476 g/mol. The van der Waals surface area contributed by atoms with Crippen molar-refractivity contribution in [2.24, 2.45) is 0 Å². The molecule has 2 N–H and O–H groups in total. The van der Waals surface area contributed by atoms with Crippen LogP contribution < -0.4 is 10.6 Å². The van der Waals surface area contributed by atoms with Crippen LogP contribution in [0.15, 0.2) is 30.6 Å². The molecule has 3 rings (SSSR count). The van der Waals surface area contributed by atoms with Gasteiger partial charge in [-0.3, -0.25) is 10.1 Å². The predicted octanol–water partition coefficient (Wildman–Crippen LogP) is 3.13. The van der Waals surface area contributed by atoms with E-state index in [1.165, 1.54) is 30.5 Å². The van der Waals surface area contributed by atoms with Crippen LogP contribution in [0.3, 0.4) is 0 Å². The first-order chi connectivity index (χ1) is 15.2. The third-order valence-corrected chi connectivity index (χ3v) is 5.78. The molecule has 168 valence electrons. The largest absolute Gasteiger partial charge is 0.465 e. The molecule has 0 saturated heterocycles. The summed E-state index contributed by atoms with van der Waals surface area (Å²) in [7, 11) is 4.53. The highest BCUT2D eigenvalue weighted by atomic mass is 32.1. The number of ether oxygens (including phenoxy) is 1. The Labute approximate surface area is 193 Å². The van der Waals surface area contributed by atoms with Crippen LogP contribution in [0.2, 0.25) is 0 Å². The number of nitrogens with one attached hydrogen (secondary N) is 2. The van der Waals surface area contributed by atoms with Crippen LogP contribution in [0, 0.1) is 12.7 Å². The summed E-state index contributed by atoms with van der Waals surface area (Å²) in [6, 6.07) is 6.08. The highest BCUT2D eigenvalue weighted by molar-refractivity contribution is 7.80. The standard InChI is InChI=1S/C20H21FN6O3S2/c1-11-14(18(29)30-4)16(32-15(11)17(28)26(2)3)23-20(31)24-19-22-10-27(25-19)9-12-5-7-13(21)8-6-12/h5-8,10H,9H2,1-4H3,(H2,23,24,25,31). The molecule has 12 heteroatoms. The van der Waals surface area contributed by atoms with Crippen molar-refractivity contribution < 1.29 is 18.7 Å². The minimum atomic E-state index is -0.580. The highest BCUT2D eigenvalue weighted by Gasteiger charge is 2.26. The maximum Gasteiger partial charge on any atom is 0.341 e. The summed E-state index contributed by atoms with van der Waals surface area (Å²) in [5, 5.41) is 10.6. The molecule has 3 aromatic rings. The number of aromatic nitrogens is 3. The van der Waals surface area contributed by atoms with Crippen molar-refractivity contribution in [1.29, 1.82) is 0 Å². The van der Waals surface area contributed by atoms with Crippen molar-refractivity contribution in [2.45, 2.75) is 13.5 Å². The van der Waals surface area contributed by atoms with Gasteiger partial charge in [0.2, 0.25) is 5.95 Å². The molecule has 0 fully saturated rings. The van der Waals surface area contributed by atoms with Gasteiger partial charge in [0.1, 0.15) is 17.1 Å². The van der Waals surface area contributed by atoms with E-state index in [2.05, 4.69) is 20.7 Å². The molecular formula is C20H21FN6O3S2. The fraction of sp³-hybridized carbons (Fsp3) is 0.250. The number of thiocarbonyl (C=S) groups is 1. The van der Waals surface area contributed by atoms with Gasteiger partial charge in [0.25, 0.3) is 5.91 Å². The van der Waals surface area contributed by atoms with Crippen molar-refractivity contribution >= 4 is 51.5 Å². The highest BCUT2D eigenvalue weighted by Crippen LogP contribution is 2.34. The number of hydrogen-bond acceptors (Lipinski definition) is 7. The Balaban J connectivity index is 1.74. The number of nitrogens with zero attached hydrogens (tertiary/aromatic N) is 4. The molecule has 0 bridgehead atoms. The second-order valence-electron chi connectivity index (χ2n) is 6.92. The Kier molecular flexibility index (Phi) is 7.15. The van der Waals surface area contributed by atoms with Crippen LogP contribution in [-0.4, -0.2) is 57.9 Å². The number of benzene rings is 1. The van der Waals surface area contributed by atoms with Gasteiger partial charge >= 0.3 is 5.97 Å². The van der Waals surface area contributed by atoms with Gasteiger partial charge in [-0.2, -0.15) is 0 Å². The fourth-order valence-electron chi connectivity index (χ4n) is 2.80. The number of halogens is 1. The van der Waals surface area contributed by atoms with Gasteiger partial charge < -0.3 is 15.0 Å². The second-order valence-corrected chi connectivity index (χ2v) is 8.35. The minimum absolute atomic E-state index is 0.139. The van der Waals surface area contributed by atoms with Crippen LogP contribution in [0.25, 0.3) is 0 Å². The molecule has 0 radical (unpaired) electrons. The van der Waals surface area contributed by atoms with Crippen LogP contribution >= 0.6 is 23.6 Å². The van der Waals surface area contributed by atoms with E-state index in [0.29, 0.717) is 22.0 Å². The quantitative estimate of drug-likeness (QED) is 0.413. The molecule has 0 aliphatic heterocycles. The SMILES string of the molecule is COC(=O)c1c(NC(=S)Nc2ncn(Cc3ccc(F)cc3)n2)sc(C(=O)N(C)C)c1C. The zero-order valence-electron chi connectivity index (χ0n) is 17.8. The Hall–Kier alpha value is -3.38. The second kappa shape index (κ2) is 9.83. The van der Waals surface area contributed by atoms with E-state index in [1.54, 1.807) is 37.8 Å². The zero-order chi connectivity index (χ0) is 23.4. The number of anilines is 2. The molecule has 0 atom stereocenters. The first kappa shape index (κ1) is 23.3.